The smallest absolute Gasteiger partial charge is 0.410 e. The summed E-state index contributed by atoms with van der Waals surface area (Å²) < 4.78 is 5.42. The molecule has 0 aromatic carbocycles. The van der Waals surface area contributed by atoms with Crippen LogP contribution >= 0.6 is 0 Å². The molecule has 1 unspecified atom stereocenters. The highest BCUT2D eigenvalue weighted by atomic mass is 16.6. The van der Waals surface area contributed by atoms with E-state index in [2.05, 4.69) is 15.1 Å². The average Bonchev–Trinajstić information content (AvgIpc) is 2.76. The van der Waals surface area contributed by atoms with Gasteiger partial charge in [0.2, 0.25) is 0 Å². The SMILES string of the molecule is CN(C)CCN1CC(CCN2CCNCC2)OC1=O. The van der Waals surface area contributed by atoms with E-state index in [-0.39, 0.29) is 12.2 Å². The molecule has 1 N–H and O–H groups in total. The number of carbonyl (C=O) groups is 1. The Balaban J connectivity index is 1.66. The van der Waals surface area contributed by atoms with E-state index < -0.39 is 0 Å². The second-order valence-electron chi connectivity index (χ2n) is 5.64. The van der Waals surface area contributed by atoms with Gasteiger partial charge < -0.3 is 24.8 Å². The molecule has 0 spiro atoms. The van der Waals surface area contributed by atoms with Crippen molar-refractivity contribution in [1.82, 2.24) is 20.0 Å². The Labute approximate surface area is 115 Å². The molecule has 0 radical (unpaired) electrons. The van der Waals surface area contributed by atoms with Crippen LogP contribution in [0.1, 0.15) is 6.42 Å². The van der Waals surface area contributed by atoms with Gasteiger partial charge in [0, 0.05) is 45.8 Å². The van der Waals surface area contributed by atoms with Crippen LogP contribution in [-0.2, 0) is 4.74 Å². The molecular formula is C13H26N4O2. The van der Waals surface area contributed by atoms with Gasteiger partial charge in [-0.25, -0.2) is 4.79 Å². The van der Waals surface area contributed by atoms with Gasteiger partial charge in [0.1, 0.15) is 6.10 Å². The molecular weight excluding hydrogens is 244 g/mol. The number of amides is 1. The first-order chi connectivity index (χ1) is 9.15. The standard InChI is InChI=1S/C13H26N4O2/c1-15(2)9-10-17-11-12(19-13(17)18)3-6-16-7-4-14-5-8-16/h12,14H,3-11H2,1-2H3. The van der Waals surface area contributed by atoms with Crippen molar-refractivity contribution in [3.05, 3.63) is 0 Å². The summed E-state index contributed by atoms with van der Waals surface area (Å²) in [7, 11) is 4.03. The summed E-state index contributed by atoms with van der Waals surface area (Å²) in [6, 6.07) is 0. The van der Waals surface area contributed by atoms with Crippen molar-refractivity contribution >= 4 is 6.09 Å². The first kappa shape index (κ1) is 14.6. The van der Waals surface area contributed by atoms with E-state index >= 15 is 0 Å². The molecule has 2 heterocycles. The lowest BCUT2D eigenvalue weighted by Gasteiger charge is -2.27. The highest BCUT2D eigenvalue weighted by Gasteiger charge is 2.30. The number of rotatable bonds is 6. The van der Waals surface area contributed by atoms with Crippen molar-refractivity contribution in [2.75, 3.05) is 66.5 Å². The van der Waals surface area contributed by atoms with Crippen molar-refractivity contribution in [3.63, 3.8) is 0 Å². The lowest BCUT2D eigenvalue weighted by molar-refractivity contribution is 0.118. The highest BCUT2D eigenvalue weighted by Crippen LogP contribution is 2.14. The minimum atomic E-state index is -0.146. The number of carbonyl (C=O) groups excluding carboxylic acids is 1. The van der Waals surface area contributed by atoms with E-state index in [1.54, 1.807) is 0 Å². The van der Waals surface area contributed by atoms with Gasteiger partial charge in [-0.3, -0.25) is 0 Å². The summed E-state index contributed by atoms with van der Waals surface area (Å²) >= 11 is 0. The van der Waals surface area contributed by atoms with Crippen LogP contribution in [0.3, 0.4) is 0 Å². The number of piperazine rings is 1. The minimum absolute atomic E-state index is 0.0737. The van der Waals surface area contributed by atoms with Crippen LogP contribution in [0.25, 0.3) is 0 Å². The van der Waals surface area contributed by atoms with E-state index in [1.807, 2.05) is 19.0 Å². The first-order valence-corrected chi connectivity index (χ1v) is 7.18. The number of nitrogens with one attached hydrogen (secondary N) is 1. The molecule has 2 aliphatic rings. The molecule has 1 atom stereocenters. The molecule has 19 heavy (non-hydrogen) atoms. The van der Waals surface area contributed by atoms with Crippen molar-refractivity contribution in [3.8, 4) is 0 Å². The molecule has 0 bridgehead atoms. The number of hydrogen-bond donors (Lipinski definition) is 1. The number of cyclic esters (lactones) is 1. The van der Waals surface area contributed by atoms with Gasteiger partial charge in [-0.1, -0.05) is 0 Å². The summed E-state index contributed by atoms with van der Waals surface area (Å²) in [6.45, 7) is 7.77. The van der Waals surface area contributed by atoms with Crippen LogP contribution in [0, 0.1) is 0 Å². The second-order valence-corrected chi connectivity index (χ2v) is 5.64. The van der Waals surface area contributed by atoms with E-state index in [4.69, 9.17) is 4.74 Å². The summed E-state index contributed by atoms with van der Waals surface area (Å²) in [5.41, 5.74) is 0. The molecule has 6 nitrogen and oxygen atoms in total. The third-order valence-electron chi connectivity index (χ3n) is 3.74. The van der Waals surface area contributed by atoms with Gasteiger partial charge in [-0.15, -0.1) is 0 Å². The Morgan fingerprint density at radius 3 is 2.74 bits per heavy atom. The Kier molecular flexibility index (Phi) is 5.42. The third-order valence-corrected chi connectivity index (χ3v) is 3.74. The minimum Gasteiger partial charge on any atom is -0.444 e. The fourth-order valence-corrected chi connectivity index (χ4v) is 2.49. The maximum atomic E-state index is 11.7. The van der Waals surface area contributed by atoms with Gasteiger partial charge in [0.15, 0.2) is 0 Å². The molecule has 1 amide bonds. The Bertz CT molecular complexity index is 292. The van der Waals surface area contributed by atoms with Crippen LogP contribution in [0.2, 0.25) is 0 Å². The third kappa shape index (κ3) is 4.63. The predicted molar refractivity (Wildman–Crippen MR) is 74.3 cm³/mol. The molecule has 2 aliphatic heterocycles. The van der Waals surface area contributed by atoms with Crippen LogP contribution in [0.5, 0.6) is 0 Å². The molecule has 2 rings (SSSR count). The van der Waals surface area contributed by atoms with Gasteiger partial charge >= 0.3 is 6.09 Å². The van der Waals surface area contributed by atoms with Crippen LogP contribution in [0.15, 0.2) is 0 Å². The summed E-state index contributed by atoms with van der Waals surface area (Å²) in [5, 5.41) is 3.34. The van der Waals surface area contributed by atoms with Crippen LogP contribution in [-0.4, -0.2) is 93.4 Å². The maximum Gasteiger partial charge on any atom is 0.410 e. The Morgan fingerprint density at radius 2 is 2.05 bits per heavy atom. The Morgan fingerprint density at radius 1 is 1.32 bits per heavy atom. The fraction of sp³-hybridized carbons (Fsp3) is 0.923. The fourth-order valence-electron chi connectivity index (χ4n) is 2.49. The normalized spacial score (nSPS) is 25.1. The van der Waals surface area contributed by atoms with Crippen molar-refractivity contribution in [1.29, 1.82) is 0 Å². The van der Waals surface area contributed by atoms with Gasteiger partial charge in [0.05, 0.1) is 6.54 Å². The first-order valence-electron chi connectivity index (χ1n) is 7.18. The molecule has 0 aliphatic carbocycles. The van der Waals surface area contributed by atoms with Gasteiger partial charge in [-0.2, -0.15) is 0 Å². The van der Waals surface area contributed by atoms with Gasteiger partial charge in [-0.05, 0) is 20.5 Å². The summed E-state index contributed by atoms with van der Waals surface area (Å²) in [4.78, 5) is 18.1. The summed E-state index contributed by atoms with van der Waals surface area (Å²) in [6.07, 6.45) is 0.876. The number of likely N-dealkylation sites (N-methyl/N-ethyl adjacent to an activating group) is 1. The van der Waals surface area contributed by atoms with E-state index in [9.17, 15) is 4.79 Å². The number of hydrogen-bond acceptors (Lipinski definition) is 5. The monoisotopic (exact) mass is 270 g/mol. The molecule has 2 saturated heterocycles. The van der Waals surface area contributed by atoms with E-state index in [0.717, 1.165) is 58.8 Å². The predicted octanol–water partition coefficient (Wildman–Crippen LogP) is -0.336. The zero-order valence-electron chi connectivity index (χ0n) is 12.1. The quantitative estimate of drug-likeness (QED) is 0.716. The summed E-state index contributed by atoms with van der Waals surface area (Å²) in [5.74, 6) is 0. The molecule has 110 valence electrons. The molecule has 0 saturated carbocycles. The zero-order chi connectivity index (χ0) is 13.7. The zero-order valence-corrected chi connectivity index (χ0v) is 12.1. The van der Waals surface area contributed by atoms with Crippen molar-refractivity contribution in [2.45, 2.75) is 12.5 Å². The largest absolute Gasteiger partial charge is 0.444 e. The van der Waals surface area contributed by atoms with Crippen LogP contribution < -0.4 is 5.32 Å². The number of ether oxygens (including phenoxy) is 1. The highest BCUT2D eigenvalue weighted by molar-refractivity contribution is 5.69. The molecule has 6 heteroatoms. The van der Waals surface area contributed by atoms with E-state index in [1.165, 1.54) is 0 Å². The van der Waals surface area contributed by atoms with Gasteiger partial charge in [0.25, 0.3) is 0 Å². The van der Waals surface area contributed by atoms with E-state index in [0.29, 0.717) is 0 Å². The number of nitrogens with zero attached hydrogens (tertiary/aromatic N) is 3. The maximum absolute atomic E-state index is 11.7. The second kappa shape index (κ2) is 7.07. The molecule has 2 fully saturated rings. The lowest BCUT2D eigenvalue weighted by atomic mass is 10.2. The molecule has 0 aromatic heterocycles. The topological polar surface area (TPSA) is 48.0 Å². The lowest BCUT2D eigenvalue weighted by Crippen LogP contribution is -2.44. The van der Waals surface area contributed by atoms with Crippen LogP contribution in [0.4, 0.5) is 4.79 Å². The van der Waals surface area contributed by atoms with Crippen molar-refractivity contribution < 1.29 is 9.53 Å². The average molecular weight is 270 g/mol. The Hall–Kier alpha value is -0.850. The molecule has 0 aromatic rings. The van der Waals surface area contributed by atoms with Crippen molar-refractivity contribution in [2.24, 2.45) is 0 Å².